The summed E-state index contributed by atoms with van der Waals surface area (Å²) < 4.78 is 0. The van der Waals surface area contributed by atoms with Crippen LogP contribution in [0.1, 0.15) is 23.6 Å². The predicted molar refractivity (Wildman–Crippen MR) is 43.1 cm³/mol. The molecule has 1 unspecified atom stereocenters. The van der Waals surface area contributed by atoms with Crippen molar-refractivity contribution in [2.45, 2.75) is 19.1 Å². The Kier molecular flexibility index (Phi) is 1.99. The van der Waals surface area contributed by atoms with Crippen LogP contribution in [0, 0.1) is 6.92 Å². The van der Waals surface area contributed by atoms with Gasteiger partial charge in [-0.05, 0) is 13.8 Å². The van der Waals surface area contributed by atoms with Gasteiger partial charge in [-0.1, -0.05) is 0 Å². The average molecular weight is 157 g/mol. The van der Waals surface area contributed by atoms with E-state index in [2.05, 4.69) is 22.8 Å². The van der Waals surface area contributed by atoms with E-state index < -0.39 is 0 Å². The number of nitrogens with zero attached hydrogens (tertiary/aromatic N) is 3. The largest absolute Gasteiger partial charge is 0.187 e. The highest BCUT2D eigenvalue weighted by Gasteiger charge is 2.08. The smallest absolute Gasteiger partial charge is 0.0980 e. The van der Waals surface area contributed by atoms with Gasteiger partial charge in [-0.25, -0.2) is 0 Å². The summed E-state index contributed by atoms with van der Waals surface area (Å²) in [7, 11) is 1.81. The van der Waals surface area contributed by atoms with Crippen LogP contribution in [-0.4, -0.2) is 15.0 Å². The summed E-state index contributed by atoms with van der Waals surface area (Å²) >= 11 is 4.25. The normalized spacial score (nSPS) is 13.6. The van der Waals surface area contributed by atoms with E-state index in [1.165, 1.54) is 0 Å². The minimum atomic E-state index is 0.175. The lowest BCUT2D eigenvalue weighted by Gasteiger charge is -1.96. The molecular formula is C6H11N3S. The summed E-state index contributed by atoms with van der Waals surface area (Å²) in [5.41, 5.74) is 1.93. The fraction of sp³-hybridized carbons (Fsp3) is 0.667. The van der Waals surface area contributed by atoms with Crippen LogP contribution >= 0.6 is 12.6 Å². The Morgan fingerprint density at radius 2 is 2.10 bits per heavy atom. The predicted octanol–water partition coefficient (Wildman–Crippen LogP) is 1.11. The zero-order chi connectivity index (χ0) is 7.72. The molecule has 0 aliphatic rings. The standard InChI is InChI=1S/C6H11N3S/c1-4-6(5(2)10)8-9(3)7-4/h5,10H,1-3H3. The molecule has 0 aliphatic carbocycles. The van der Waals surface area contributed by atoms with E-state index in [0.717, 1.165) is 11.4 Å². The van der Waals surface area contributed by atoms with Crippen molar-refractivity contribution in [2.24, 2.45) is 7.05 Å². The second-order valence-electron chi connectivity index (χ2n) is 2.34. The number of rotatable bonds is 1. The molecule has 1 atom stereocenters. The van der Waals surface area contributed by atoms with Crippen molar-refractivity contribution in [2.75, 3.05) is 0 Å². The van der Waals surface area contributed by atoms with E-state index in [4.69, 9.17) is 0 Å². The van der Waals surface area contributed by atoms with Gasteiger partial charge in [0.2, 0.25) is 0 Å². The first-order valence-corrected chi connectivity index (χ1v) is 3.69. The summed E-state index contributed by atoms with van der Waals surface area (Å²) in [5, 5.41) is 8.40. The van der Waals surface area contributed by atoms with Gasteiger partial charge in [-0.3, -0.25) is 0 Å². The first-order valence-electron chi connectivity index (χ1n) is 3.17. The van der Waals surface area contributed by atoms with Gasteiger partial charge in [0.25, 0.3) is 0 Å². The molecule has 0 saturated heterocycles. The minimum Gasteiger partial charge on any atom is -0.187 e. The molecule has 0 saturated carbocycles. The van der Waals surface area contributed by atoms with Crippen molar-refractivity contribution < 1.29 is 0 Å². The van der Waals surface area contributed by atoms with E-state index in [1.807, 2.05) is 20.9 Å². The maximum atomic E-state index is 4.25. The average Bonchev–Trinajstić information content (AvgIpc) is 2.10. The Bertz CT molecular complexity index is 229. The summed E-state index contributed by atoms with van der Waals surface area (Å²) in [4.78, 5) is 1.57. The van der Waals surface area contributed by atoms with Gasteiger partial charge < -0.3 is 0 Å². The van der Waals surface area contributed by atoms with Crippen LogP contribution in [0.5, 0.6) is 0 Å². The number of hydrogen-bond acceptors (Lipinski definition) is 3. The van der Waals surface area contributed by atoms with Gasteiger partial charge in [0.05, 0.1) is 11.4 Å². The molecule has 0 radical (unpaired) electrons. The van der Waals surface area contributed by atoms with E-state index in [1.54, 1.807) is 4.80 Å². The van der Waals surface area contributed by atoms with E-state index in [0.29, 0.717) is 0 Å². The van der Waals surface area contributed by atoms with Gasteiger partial charge >= 0.3 is 0 Å². The third-order valence-corrected chi connectivity index (χ3v) is 1.56. The number of aryl methyl sites for hydroxylation is 2. The molecular weight excluding hydrogens is 146 g/mol. The van der Waals surface area contributed by atoms with E-state index >= 15 is 0 Å². The lowest BCUT2D eigenvalue weighted by atomic mass is 10.3. The third-order valence-electron chi connectivity index (χ3n) is 1.31. The first kappa shape index (κ1) is 7.60. The van der Waals surface area contributed by atoms with Crippen molar-refractivity contribution in [1.82, 2.24) is 15.0 Å². The maximum Gasteiger partial charge on any atom is 0.0980 e. The van der Waals surface area contributed by atoms with Crippen molar-refractivity contribution in [3.05, 3.63) is 11.4 Å². The zero-order valence-corrected chi connectivity index (χ0v) is 7.26. The maximum absolute atomic E-state index is 4.25. The first-order chi connectivity index (χ1) is 4.61. The quantitative estimate of drug-likeness (QED) is 0.619. The Morgan fingerprint density at radius 3 is 2.30 bits per heavy atom. The second kappa shape index (κ2) is 2.62. The SMILES string of the molecule is Cc1nn(C)nc1C(C)S. The molecule has 0 fully saturated rings. The minimum absolute atomic E-state index is 0.175. The van der Waals surface area contributed by atoms with Crippen LogP contribution in [0.2, 0.25) is 0 Å². The molecule has 0 aromatic carbocycles. The third kappa shape index (κ3) is 1.31. The topological polar surface area (TPSA) is 30.7 Å². The fourth-order valence-electron chi connectivity index (χ4n) is 0.905. The number of aromatic nitrogens is 3. The molecule has 1 aromatic heterocycles. The Morgan fingerprint density at radius 1 is 1.50 bits per heavy atom. The molecule has 0 amide bonds. The van der Waals surface area contributed by atoms with Crippen molar-refractivity contribution in [3.63, 3.8) is 0 Å². The molecule has 1 heterocycles. The van der Waals surface area contributed by atoms with Crippen molar-refractivity contribution in [3.8, 4) is 0 Å². The van der Waals surface area contributed by atoms with Gasteiger partial charge in [0.1, 0.15) is 0 Å². The van der Waals surface area contributed by atoms with Crippen LogP contribution < -0.4 is 0 Å². The van der Waals surface area contributed by atoms with Crippen molar-refractivity contribution >= 4 is 12.6 Å². The zero-order valence-electron chi connectivity index (χ0n) is 6.37. The van der Waals surface area contributed by atoms with E-state index in [-0.39, 0.29) is 5.25 Å². The number of thiol groups is 1. The highest BCUT2D eigenvalue weighted by atomic mass is 32.1. The van der Waals surface area contributed by atoms with Crippen molar-refractivity contribution in [1.29, 1.82) is 0 Å². The summed E-state index contributed by atoms with van der Waals surface area (Å²) in [6, 6.07) is 0. The molecule has 0 bridgehead atoms. The Hall–Kier alpha value is -0.510. The van der Waals surface area contributed by atoms with Crippen LogP contribution in [-0.2, 0) is 7.05 Å². The molecule has 56 valence electrons. The second-order valence-corrected chi connectivity index (χ2v) is 3.11. The lowest BCUT2D eigenvalue weighted by Crippen LogP contribution is -1.93. The monoisotopic (exact) mass is 157 g/mol. The van der Waals surface area contributed by atoms with Gasteiger partial charge in [0.15, 0.2) is 0 Å². The molecule has 0 N–H and O–H groups in total. The van der Waals surface area contributed by atoms with Gasteiger partial charge in [0, 0.05) is 12.3 Å². The molecule has 1 aromatic rings. The van der Waals surface area contributed by atoms with Crippen LogP contribution in [0.3, 0.4) is 0 Å². The molecule has 0 aliphatic heterocycles. The summed E-state index contributed by atoms with van der Waals surface area (Å²) in [5.74, 6) is 0. The van der Waals surface area contributed by atoms with Gasteiger partial charge in [-0.15, -0.1) is 0 Å². The van der Waals surface area contributed by atoms with Crippen LogP contribution in [0.15, 0.2) is 0 Å². The summed E-state index contributed by atoms with van der Waals surface area (Å²) in [6.45, 7) is 3.93. The molecule has 4 heteroatoms. The fourth-order valence-corrected chi connectivity index (χ4v) is 1.14. The van der Waals surface area contributed by atoms with Crippen LogP contribution in [0.25, 0.3) is 0 Å². The molecule has 10 heavy (non-hydrogen) atoms. The Balaban J connectivity index is 3.03. The molecule has 1 rings (SSSR count). The molecule has 0 spiro atoms. The van der Waals surface area contributed by atoms with E-state index in [9.17, 15) is 0 Å². The summed E-state index contributed by atoms with van der Waals surface area (Å²) in [6.07, 6.45) is 0. The van der Waals surface area contributed by atoms with Crippen LogP contribution in [0.4, 0.5) is 0 Å². The highest BCUT2D eigenvalue weighted by Crippen LogP contribution is 2.17. The lowest BCUT2D eigenvalue weighted by molar-refractivity contribution is 0.642. The highest BCUT2D eigenvalue weighted by molar-refractivity contribution is 7.80. The number of hydrogen-bond donors (Lipinski definition) is 1. The van der Waals surface area contributed by atoms with Gasteiger partial charge in [-0.2, -0.15) is 27.6 Å². The molecule has 3 nitrogen and oxygen atoms in total. The Labute approximate surface area is 65.8 Å².